The Hall–Kier alpha value is -1.12. The Morgan fingerprint density at radius 2 is 2.19 bits per heavy atom. The summed E-state index contributed by atoms with van der Waals surface area (Å²) in [6, 6.07) is 2.19. The van der Waals surface area contributed by atoms with Crippen LogP contribution in [-0.4, -0.2) is 16.7 Å². The number of nitrogens with one attached hydrogen (secondary N) is 1. The highest BCUT2D eigenvalue weighted by atomic mass is 15.2. The zero-order chi connectivity index (χ0) is 11.5. The number of fused-ring (bicyclic) bond motifs is 1. The molecule has 16 heavy (non-hydrogen) atoms. The van der Waals surface area contributed by atoms with E-state index in [0.717, 1.165) is 31.1 Å². The van der Waals surface area contributed by atoms with Crippen molar-refractivity contribution in [3.05, 3.63) is 17.3 Å². The van der Waals surface area contributed by atoms with E-state index >= 15 is 0 Å². The normalized spacial score (nSPS) is 23.9. The quantitative estimate of drug-likeness (QED) is 0.849. The predicted molar refractivity (Wildman–Crippen MR) is 66.7 cm³/mol. The molecule has 1 aliphatic rings. The average Bonchev–Trinajstić information content (AvgIpc) is 2.26. The van der Waals surface area contributed by atoms with E-state index in [1.54, 1.807) is 0 Å². The van der Waals surface area contributed by atoms with Gasteiger partial charge >= 0.3 is 0 Å². The zero-order valence-electron chi connectivity index (χ0n) is 10.5. The molecule has 2 atom stereocenters. The van der Waals surface area contributed by atoms with E-state index in [-0.39, 0.29) is 0 Å². The minimum atomic E-state index is 0.622. The van der Waals surface area contributed by atoms with Gasteiger partial charge in [0.15, 0.2) is 0 Å². The fraction of sp³-hybridized carbons (Fsp3) is 0.692. The number of anilines is 1. The van der Waals surface area contributed by atoms with Crippen molar-refractivity contribution in [1.29, 1.82) is 0 Å². The molecule has 0 saturated carbocycles. The second-order valence-electron chi connectivity index (χ2n) is 5.00. The topological polar surface area (TPSA) is 37.8 Å². The first-order valence-electron chi connectivity index (χ1n) is 6.31. The lowest BCUT2D eigenvalue weighted by Crippen LogP contribution is -2.18. The summed E-state index contributed by atoms with van der Waals surface area (Å²) in [5.74, 6) is 2.30. The van der Waals surface area contributed by atoms with Crippen molar-refractivity contribution in [3.63, 3.8) is 0 Å². The van der Waals surface area contributed by atoms with Gasteiger partial charge in [-0.25, -0.2) is 0 Å². The van der Waals surface area contributed by atoms with E-state index in [2.05, 4.69) is 42.4 Å². The van der Waals surface area contributed by atoms with Crippen LogP contribution in [0.4, 0.5) is 5.82 Å². The van der Waals surface area contributed by atoms with Crippen LogP contribution >= 0.6 is 0 Å². The maximum absolute atomic E-state index is 4.36. The number of nitrogens with zero attached hydrogens (tertiary/aromatic N) is 2. The summed E-state index contributed by atoms with van der Waals surface area (Å²) in [5.41, 5.74) is 2.60. The molecule has 0 bridgehead atoms. The van der Waals surface area contributed by atoms with Crippen LogP contribution in [0.25, 0.3) is 0 Å². The summed E-state index contributed by atoms with van der Waals surface area (Å²) in [6.07, 6.45) is 3.47. The Balaban J connectivity index is 2.20. The second-order valence-corrected chi connectivity index (χ2v) is 5.00. The molecule has 1 aliphatic carbocycles. The number of rotatable bonds is 3. The smallest absolute Gasteiger partial charge is 0.148 e. The molecule has 2 unspecified atom stereocenters. The van der Waals surface area contributed by atoms with Gasteiger partial charge in [-0.3, -0.25) is 0 Å². The maximum atomic E-state index is 4.36. The monoisotopic (exact) mass is 219 g/mol. The van der Waals surface area contributed by atoms with Crippen molar-refractivity contribution in [3.8, 4) is 0 Å². The van der Waals surface area contributed by atoms with Crippen molar-refractivity contribution in [1.82, 2.24) is 10.2 Å². The van der Waals surface area contributed by atoms with Gasteiger partial charge < -0.3 is 5.32 Å². The predicted octanol–water partition coefficient (Wildman–Crippen LogP) is 2.98. The summed E-state index contributed by atoms with van der Waals surface area (Å²) < 4.78 is 0. The molecular formula is C13H21N3. The first-order chi connectivity index (χ1) is 7.70. The molecule has 0 fully saturated rings. The van der Waals surface area contributed by atoms with Crippen molar-refractivity contribution in [2.75, 3.05) is 11.9 Å². The van der Waals surface area contributed by atoms with Gasteiger partial charge in [-0.1, -0.05) is 20.8 Å². The van der Waals surface area contributed by atoms with Gasteiger partial charge in [-0.2, -0.15) is 5.10 Å². The number of aromatic nitrogens is 2. The van der Waals surface area contributed by atoms with Crippen LogP contribution in [0.5, 0.6) is 0 Å². The fourth-order valence-corrected chi connectivity index (χ4v) is 2.50. The molecule has 2 rings (SSSR count). The Morgan fingerprint density at radius 1 is 1.38 bits per heavy atom. The molecule has 1 aromatic heterocycles. The molecule has 0 aliphatic heterocycles. The molecule has 0 spiro atoms. The summed E-state index contributed by atoms with van der Waals surface area (Å²) >= 11 is 0. The molecule has 1 aromatic rings. The molecule has 1 heterocycles. The van der Waals surface area contributed by atoms with Crippen molar-refractivity contribution < 1.29 is 0 Å². The Kier molecular flexibility index (Phi) is 3.42. The lowest BCUT2D eigenvalue weighted by atomic mass is 9.81. The molecule has 1 N–H and O–H groups in total. The van der Waals surface area contributed by atoms with Crippen LogP contribution in [0.2, 0.25) is 0 Å². The third kappa shape index (κ3) is 2.34. The summed E-state index contributed by atoms with van der Waals surface area (Å²) in [6.45, 7) is 7.71. The van der Waals surface area contributed by atoms with Gasteiger partial charge in [0.2, 0.25) is 0 Å². The van der Waals surface area contributed by atoms with Gasteiger partial charge in [-0.15, -0.1) is 5.10 Å². The van der Waals surface area contributed by atoms with Gasteiger partial charge in [-0.05, 0) is 42.7 Å². The second kappa shape index (κ2) is 4.81. The van der Waals surface area contributed by atoms with E-state index in [9.17, 15) is 0 Å². The number of hydrogen-bond donors (Lipinski definition) is 1. The summed E-state index contributed by atoms with van der Waals surface area (Å²) in [7, 11) is 0. The minimum absolute atomic E-state index is 0.622. The lowest BCUT2D eigenvalue weighted by molar-refractivity contribution is 0.439. The molecule has 3 nitrogen and oxygen atoms in total. The van der Waals surface area contributed by atoms with E-state index < -0.39 is 0 Å². The molecule has 88 valence electrons. The summed E-state index contributed by atoms with van der Waals surface area (Å²) in [5, 5.41) is 11.9. The SMILES string of the molecule is CCCNc1cc2c(nn1)CC(C)CC2C. The first kappa shape index (κ1) is 11.4. The average molecular weight is 219 g/mol. The molecule has 0 aromatic carbocycles. The molecule has 0 amide bonds. The summed E-state index contributed by atoms with van der Waals surface area (Å²) in [4.78, 5) is 0. The molecule has 0 saturated heterocycles. The highest BCUT2D eigenvalue weighted by Gasteiger charge is 2.23. The van der Waals surface area contributed by atoms with Crippen molar-refractivity contribution >= 4 is 5.82 Å². The third-order valence-corrected chi connectivity index (χ3v) is 3.29. The van der Waals surface area contributed by atoms with Crippen LogP contribution in [-0.2, 0) is 6.42 Å². The van der Waals surface area contributed by atoms with E-state index in [4.69, 9.17) is 0 Å². The van der Waals surface area contributed by atoms with Gasteiger partial charge in [0.1, 0.15) is 5.82 Å². The minimum Gasteiger partial charge on any atom is -0.369 e. The van der Waals surface area contributed by atoms with Crippen LogP contribution in [0, 0.1) is 5.92 Å². The van der Waals surface area contributed by atoms with Crippen LogP contribution in [0.15, 0.2) is 6.07 Å². The van der Waals surface area contributed by atoms with Gasteiger partial charge in [0.05, 0.1) is 5.69 Å². The van der Waals surface area contributed by atoms with Crippen LogP contribution < -0.4 is 5.32 Å². The third-order valence-electron chi connectivity index (χ3n) is 3.29. The Morgan fingerprint density at radius 3 is 2.94 bits per heavy atom. The highest BCUT2D eigenvalue weighted by Crippen LogP contribution is 2.33. The van der Waals surface area contributed by atoms with Crippen molar-refractivity contribution in [2.24, 2.45) is 5.92 Å². The number of hydrogen-bond acceptors (Lipinski definition) is 3. The van der Waals surface area contributed by atoms with E-state index in [1.807, 2.05) is 0 Å². The highest BCUT2D eigenvalue weighted by molar-refractivity contribution is 5.40. The zero-order valence-corrected chi connectivity index (χ0v) is 10.5. The van der Waals surface area contributed by atoms with Crippen LogP contribution in [0.1, 0.15) is 50.8 Å². The largest absolute Gasteiger partial charge is 0.369 e. The Bertz CT molecular complexity index is 362. The fourth-order valence-electron chi connectivity index (χ4n) is 2.50. The maximum Gasteiger partial charge on any atom is 0.148 e. The molecular weight excluding hydrogens is 198 g/mol. The van der Waals surface area contributed by atoms with Gasteiger partial charge in [0, 0.05) is 6.54 Å². The van der Waals surface area contributed by atoms with E-state index in [0.29, 0.717) is 5.92 Å². The standard InChI is InChI=1S/C13H21N3/c1-4-5-14-13-8-11-10(3)6-9(2)7-12(11)15-16-13/h8-10H,4-7H2,1-3H3,(H,14,16). The lowest BCUT2D eigenvalue weighted by Gasteiger charge is -2.26. The van der Waals surface area contributed by atoms with E-state index in [1.165, 1.54) is 17.7 Å². The van der Waals surface area contributed by atoms with Gasteiger partial charge in [0.25, 0.3) is 0 Å². The molecule has 3 heteroatoms. The molecule has 0 radical (unpaired) electrons. The first-order valence-corrected chi connectivity index (χ1v) is 6.31. The van der Waals surface area contributed by atoms with Crippen molar-refractivity contribution in [2.45, 2.75) is 46.0 Å². The Labute approximate surface area is 97.7 Å². The van der Waals surface area contributed by atoms with Crippen LogP contribution in [0.3, 0.4) is 0 Å².